The number of carbonyl (C=O) groups excluding carboxylic acids is 1. The van der Waals surface area contributed by atoms with Crippen LogP contribution in [0.25, 0.3) is 0 Å². The molecule has 1 unspecified atom stereocenters. The van der Waals surface area contributed by atoms with Crippen LogP contribution in [0.5, 0.6) is 0 Å². The van der Waals surface area contributed by atoms with E-state index in [2.05, 4.69) is 13.5 Å². The molecule has 0 radical (unpaired) electrons. The van der Waals surface area contributed by atoms with Crippen molar-refractivity contribution in [2.24, 2.45) is 5.92 Å². The summed E-state index contributed by atoms with van der Waals surface area (Å²) in [6.45, 7) is 7.86. The van der Waals surface area contributed by atoms with Crippen LogP contribution in [-0.4, -0.2) is 42.7 Å². The maximum absolute atomic E-state index is 11.3. The van der Waals surface area contributed by atoms with Gasteiger partial charge in [0, 0.05) is 32.9 Å². The first kappa shape index (κ1) is 21.3. The van der Waals surface area contributed by atoms with Crippen LogP contribution in [0.3, 0.4) is 0 Å². The molecule has 0 aromatic carbocycles. The molecule has 0 fully saturated rings. The molecule has 0 saturated heterocycles. The van der Waals surface area contributed by atoms with E-state index in [9.17, 15) is 4.79 Å². The van der Waals surface area contributed by atoms with Crippen molar-refractivity contribution in [3.8, 4) is 0 Å². The van der Waals surface area contributed by atoms with E-state index in [0.717, 1.165) is 38.1 Å². The van der Waals surface area contributed by atoms with Gasteiger partial charge >= 0.3 is 14.8 Å². The van der Waals surface area contributed by atoms with E-state index in [1.807, 2.05) is 0 Å². The van der Waals surface area contributed by atoms with E-state index in [0.29, 0.717) is 18.1 Å². The highest BCUT2D eigenvalue weighted by Crippen LogP contribution is 2.25. The first-order valence-corrected chi connectivity index (χ1v) is 9.85. The molecule has 0 rings (SSSR count). The monoisotopic (exact) mass is 332 g/mol. The third-order valence-electron chi connectivity index (χ3n) is 3.83. The fraction of sp³-hybridized carbons (Fsp3) is 0.812. The SMILES string of the molecule is C=C(C)C(=O)OCCCC(CCC)CC[Si](OC)(OC)OC. The summed E-state index contributed by atoms with van der Waals surface area (Å²) in [5.74, 6) is 0.262. The average molecular weight is 333 g/mol. The molecule has 0 N–H and O–H groups in total. The summed E-state index contributed by atoms with van der Waals surface area (Å²) in [5.41, 5.74) is 0.446. The van der Waals surface area contributed by atoms with Gasteiger partial charge in [-0.05, 0) is 32.1 Å². The van der Waals surface area contributed by atoms with E-state index in [-0.39, 0.29) is 5.97 Å². The Morgan fingerprint density at radius 3 is 2.14 bits per heavy atom. The lowest BCUT2D eigenvalue weighted by Gasteiger charge is -2.26. The number of carbonyl (C=O) groups is 1. The minimum atomic E-state index is -2.49. The summed E-state index contributed by atoms with van der Waals surface area (Å²) in [4.78, 5) is 11.3. The molecule has 0 bridgehead atoms. The zero-order valence-electron chi connectivity index (χ0n) is 14.8. The van der Waals surface area contributed by atoms with Crippen LogP contribution < -0.4 is 0 Å². The summed E-state index contributed by atoms with van der Waals surface area (Å²) in [6.07, 6.45) is 5.18. The summed E-state index contributed by atoms with van der Waals surface area (Å²) in [5, 5.41) is 0. The second-order valence-corrected chi connectivity index (χ2v) is 8.64. The molecule has 0 heterocycles. The molecular weight excluding hydrogens is 300 g/mol. The van der Waals surface area contributed by atoms with Crippen molar-refractivity contribution in [3.05, 3.63) is 12.2 Å². The predicted octanol–water partition coefficient (Wildman–Crippen LogP) is 3.57. The lowest BCUT2D eigenvalue weighted by molar-refractivity contribution is -0.139. The second kappa shape index (κ2) is 11.8. The molecule has 6 heteroatoms. The highest BCUT2D eigenvalue weighted by Gasteiger charge is 2.37. The quantitative estimate of drug-likeness (QED) is 0.223. The molecular formula is C16H32O5Si. The highest BCUT2D eigenvalue weighted by atomic mass is 28.4. The number of rotatable bonds is 13. The highest BCUT2D eigenvalue weighted by molar-refractivity contribution is 6.60. The van der Waals surface area contributed by atoms with Gasteiger partial charge in [0.25, 0.3) is 0 Å². The van der Waals surface area contributed by atoms with Crippen molar-refractivity contribution < 1.29 is 22.8 Å². The van der Waals surface area contributed by atoms with Gasteiger partial charge in [0.05, 0.1) is 6.61 Å². The molecule has 0 aromatic heterocycles. The smallest absolute Gasteiger partial charge is 0.462 e. The standard InChI is InChI=1S/C16H32O5Si/c1-7-9-15(10-8-12-21-16(17)14(2)3)11-13-22(18-4,19-5)20-6/h15H,2,7-13H2,1,3-6H3. The third kappa shape index (κ3) is 8.08. The Morgan fingerprint density at radius 2 is 1.68 bits per heavy atom. The second-order valence-electron chi connectivity index (χ2n) is 5.55. The molecule has 0 spiro atoms. The molecule has 22 heavy (non-hydrogen) atoms. The Hall–Kier alpha value is -0.693. The molecule has 0 saturated carbocycles. The van der Waals surface area contributed by atoms with Gasteiger partial charge in [-0.1, -0.05) is 26.3 Å². The van der Waals surface area contributed by atoms with E-state index in [1.54, 1.807) is 28.3 Å². The Kier molecular flexibility index (Phi) is 11.4. The summed E-state index contributed by atoms with van der Waals surface area (Å²) >= 11 is 0. The van der Waals surface area contributed by atoms with Crippen molar-refractivity contribution >= 4 is 14.8 Å². The van der Waals surface area contributed by atoms with Crippen LogP contribution in [0.15, 0.2) is 12.2 Å². The predicted molar refractivity (Wildman–Crippen MR) is 89.6 cm³/mol. The minimum Gasteiger partial charge on any atom is -0.462 e. The Labute approximate surface area is 136 Å². The topological polar surface area (TPSA) is 54.0 Å². The van der Waals surface area contributed by atoms with Gasteiger partial charge in [-0.3, -0.25) is 0 Å². The maximum Gasteiger partial charge on any atom is 0.500 e. The zero-order chi connectivity index (χ0) is 17.0. The van der Waals surface area contributed by atoms with Gasteiger partial charge in [-0.25, -0.2) is 4.79 Å². The number of esters is 1. The average Bonchev–Trinajstić information content (AvgIpc) is 2.52. The Morgan fingerprint density at radius 1 is 1.09 bits per heavy atom. The first-order valence-electron chi connectivity index (χ1n) is 7.92. The van der Waals surface area contributed by atoms with E-state index in [4.69, 9.17) is 18.0 Å². The van der Waals surface area contributed by atoms with Crippen molar-refractivity contribution in [3.63, 3.8) is 0 Å². The first-order chi connectivity index (χ1) is 10.4. The fourth-order valence-corrected chi connectivity index (χ4v) is 4.31. The van der Waals surface area contributed by atoms with Crippen molar-refractivity contribution in [1.29, 1.82) is 0 Å². The number of hydrogen-bond acceptors (Lipinski definition) is 5. The van der Waals surface area contributed by atoms with Crippen LogP contribution in [0, 0.1) is 5.92 Å². The maximum atomic E-state index is 11.3. The van der Waals surface area contributed by atoms with Crippen LogP contribution in [0.1, 0.15) is 46.0 Å². The summed E-state index contributed by atoms with van der Waals surface area (Å²) in [6, 6.07) is 0.812. The lowest BCUT2D eigenvalue weighted by atomic mass is 9.95. The van der Waals surface area contributed by atoms with Crippen molar-refractivity contribution in [2.75, 3.05) is 27.9 Å². The van der Waals surface area contributed by atoms with E-state index in [1.165, 1.54) is 0 Å². The van der Waals surface area contributed by atoms with Crippen LogP contribution >= 0.6 is 0 Å². The van der Waals surface area contributed by atoms with Crippen LogP contribution in [0.4, 0.5) is 0 Å². The van der Waals surface area contributed by atoms with Gasteiger partial charge in [0.2, 0.25) is 0 Å². The lowest BCUT2D eigenvalue weighted by Crippen LogP contribution is -2.43. The van der Waals surface area contributed by atoms with Gasteiger partial charge < -0.3 is 18.0 Å². The van der Waals surface area contributed by atoms with Crippen LogP contribution in [-0.2, 0) is 22.8 Å². The van der Waals surface area contributed by atoms with Gasteiger partial charge in [0.15, 0.2) is 0 Å². The Bertz CT molecular complexity index is 320. The zero-order valence-corrected chi connectivity index (χ0v) is 15.8. The Balaban J connectivity index is 4.20. The van der Waals surface area contributed by atoms with Crippen molar-refractivity contribution in [2.45, 2.75) is 52.0 Å². The van der Waals surface area contributed by atoms with Gasteiger partial charge in [-0.2, -0.15) is 0 Å². The fourth-order valence-electron chi connectivity index (χ4n) is 2.44. The number of ether oxygens (including phenoxy) is 1. The molecule has 5 nitrogen and oxygen atoms in total. The van der Waals surface area contributed by atoms with E-state index < -0.39 is 8.80 Å². The van der Waals surface area contributed by atoms with E-state index >= 15 is 0 Å². The molecule has 130 valence electrons. The molecule has 0 aliphatic rings. The third-order valence-corrected chi connectivity index (χ3v) is 6.59. The normalized spacial score (nSPS) is 13.0. The molecule has 0 aromatic rings. The van der Waals surface area contributed by atoms with Gasteiger partial charge in [0.1, 0.15) is 0 Å². The molecule has 1 atom stereocenters. The van der Waals surface area contributed by atoms with Crippen LogP contribution in [0.2, 0.25) is 6.04 Å². The minimum absolute atomic E-state index is 0.309. The summed E-state index contributed by atoms with van der Waals surface area (Å²) in [7, 11) is 2.45. The molecule has 0 aliphatic carbocycles. The van der Waals surface area contributed by atoms with Gasteiger partial charge in [-0.15, -0.1) is 0 Å². The van der Waals surface area contributed by atoms with Crippen molar-refractivity contribution in [1.82, 2.24) is 0 Å². The largest absolute Gasteiger partial charge is 0.500 e. The number of hydrogen-bond donors (Lipinski definition) is 0. The molecule has 0 amide bonds. The summed E-state index contributed by atoms with van der Waals surface area (Å²) < 4.78 is 21.5. The molecule has 0 aliphatic heterocycles.